The molecular formula is C14H19ClN2O2. The average molecular weight is 283 g/mol. The van der Waals surface area contributed by atoms with Crippen LogP contribution in [0, 0.1) is 5.41 Å². The van der Waals surface area contributed by atoms with Crippen molar-refractivity contribution in [3.63, 3.8) is 0 Å². The summed E-state index contributed by atoms with van der Waals surface area (Å²) in [6.45, 7) is 4.44. The first kappa shape index (κ1) is 14.1. The van der Waals surface area contributed by atoms with Crippen molar-refractivity contribution in [3.05, 3.63) is 22.8 Å². The number of rotatable bonds is 3. The van der Waals surface area contributed by atoms with E-state index in [2.05, 4.69) is 24.1 Å². The van der Waals surface area contributed by atoms with Gasteiger partial charge in [-0.3, -0.25) is 0 Å². The predicted molar refractivity (Wildman–Crippen MR) is 75.9 cm³/mol. The van der Waals surface area contributed by atoms with Gasteiger partial charge in [-0.25, -0.2) is 9.78 Å². The molecule has 0 amide bonds. The monoisotopic (exact) mass is 282 g/mol. The molecule has 1 fully saturated rings. The highest BCUT2D eigenvalue weighted by Gasteiger charge is 2.32. The Kier molecular flexibility index (Phi) is 3.99. The van der Waals surface area contributed by atoms with Crippen molar-refractivity contribution < 1.29 is 9.90 Å². The first-order chi connectivity index (χ1) is 8.92. The van der Waals surface area contributed by atoms with Crippen LogP contribution in [-0.4, -0.2) is 22.1 Å². The number of anilines is 1. The van der Waals surface area contributed by atoms with Crippen molar-refractivity contribution in [2.24, 2.45) is 5.41 Å². The van der Waals surface area contributed by atoms with E-state index in [-0.39, 0.29) is 22.0 Å². The maximum atomic E-state index is 11.1. The molecule has 1 aliphatic carbocycles. The summed E-state index contributed by atoms with van der Waals surface area (Å²) in [4.78, 5) is 15.2. The zero-order valence-corrected chi connectivity index (χ0v) is 12.0. The molecule has 2 rings (SSSR count). The second-order valence-corrected chi connectivity index (χ2v) is 6.14. The average Bonchev–Trinajstić information content (AvgIpc) is 2.33. The number of carboxylic acid groups (broad SMARTS) is 1. The van der Waals surface area contributed by atoms with Gasteiger partial charge in [-0.15, -0.1) is 0 Å². The van der Waals surface area contributed by atoms with E-state index in [0.29, 0.717) is 5.82 Å². The lowest BCUT2D eigenvalue weighted by Gasteiger charge is -2.39. The van der Waals surface area contributed by atoms with Crippen LogP contribution < -0.4 is 5.32 Å². The van der Waals surface area contributed by atoms with Gasteiger partial charge in [-0.05, 0) is 24.3 Å². The smallest absolute Gasteiger partial charge is 0.337 e. The maximum Gasteiger partial charge on any atom is 0.337 e. The van der Waals surface area contributed by atoms with E-state index in [0.717, 1.165) is 12.8 Å². The summed E-state index contributed by atoms with van der Waals surface area (Å²) < 4.78 is 0. The molecule has 0 saturated heterocycles. The Morgan fingerprint density at radius 2 is 2.26 bits per heavy atom. The van der Waals surface area contributed by atoms with E-state index >= 15 is 0 Å². The Morgan fingerprint density at radius 3 is 2.89 bits per heavy atom. The fourth-order valence-corrected chi connectivity index (χ4v) is 2.88. The normalized spacial score (nSPS) is 21.9. The van der Waals surface area contributed by atoms with Gasteiger partial charge in [0.2, 0.25) is 0 Å². The third-order valence-corrected chi connectivity index (χ3v) is 4.32. The van der Waals surface area contributed by atoms with E-state index in [4.69, 9.17) is 16.7 Å². The maximum absolute atomic E-state index is 11.1. The largest absolute Gasteiger partial charge is 0.478 e. The Hall–Kier alpha value is -1.29. The number of aromatic carboxylic acids is 1. The number of nitrogens with one attached hydrogen (secondary N) is 1. The molecule has 1 saturated carbocycles. The predicted octanol–water partition coefficient (Wildman–Crippen LogP) is 3.81. The first-order valence-electron chi connectivity index (χ1n) is 6.56. The summed E-state index contributed by atoms with van der Waals surface area (Å²) in [5.41, 5.74) is 0.260. The number of halogens is 1. The van der Waals surface area contributed by atoms with Crippen LogP contribution in [0.2, 0.25) is 5.02 Å². The van der Waals surface area contributed by atoms with Crippen LogP contribution in [0.1, 0.15) is 49.9 Å². The Labute approximate surface area is 118 Å². The highest BCUT2D eigenvalue weighted by atomic mass is 35.5. The zero-order valence-electron chi connectivity index (χ0n) is 11.2. The summed E-state index contributed by atoms with van der Waals surface area (Å²) in [7, 11) is 0. The molecule has 1 atom stereocenters. The van der Waals surface area contributed by atoms with Gasteiger partial charge in [0.25, 0.3) is 0 Å². The molecule has 0 aliphatic heterocycles. The molecule has 2 N–H and O–H groups in total. The summed E-state index contributed by atoms with van der Waals surface area (Å²) in [5, 5.41) is 12.6. The highest BCUT2D eigenvalue weighted by molar-refractivity contribution is 6.35. The van der Waals surface area contributed by atoms with Crippen LogP contribution in [0.15, 0.2) is 12.3 Å². The second kappa shape index (κ2) is 5.37. The van der Waals surface area contributed by atoms with Gasteiger partial charge in [0.1, 0.15) is 5.82 Å². The van der Waals surface area contributed by atoms with Crippen molar-refractivity contribution in [3.8, 4) is 0 Å². The molecule has 0 radical (unpaired) electrons. The number of pyridine rings is 1. The summed E-state index contributed by atoms with van der Waals surface area (Å²) in [6, 6.07) is 1.69. The molecule has 4 nitrogen and oxygen atoms in total. The Balaban J connectivity index is 2.23. The molecule has 19 heavy (non-hydrogen) atoms. The molecule has 0 aromatic carbocycles. The summed E-state index contributed by atoms with van der Waals surface area (Å²) in [5.74, 6) is -0.556. The summed E-state index contributed by atoms with van der Waals surface area (Å²) in [6.07, 6.45) is 6.11. The van der Waals surface area contributed by atoms with Gasteiger partial charge in [0.15, 0.2) is 0 Å². The highest BCUT2D eigenvalue weighted by Crippen LogP contribution is 2.38. The third kappa shape index (κ3) is 3.00. The minimum absolute atomic E-state index is 0.0905. The van der Waals surface area contributed by atoms with Crippen LogP contribution >= 0.6 is 11.6 Å². The standard InChI is InChI=1S/C14H19ClN2O2/c1-14(2)7-4-3-5-10(14)17-12-11(15)9(13(18)19)6-8-16-12/h6,8,10H,3-5,7H2,1-2H3,(H,16,17)(H,18,19). The van der Waals surface area contributed by atoms with Gasteiger partial charge in [0.05, 0.1) is 10.6 Å². The van der Waals surface area contributed by atoms with E-state index in [1.165, 1.54) is 25.1 Å². The fraction of sp³-hybridized carbons (Fsp3) is 0.571. The summed E-state index contributed by atoms with van der Waals surface area (Å²) >= 11 is 6.11. The molecule has 0 spiro atoms. The third-order valence-electron chi connectivity index (χ3n) is 3.94. The number of nitrogens with zero attached hydrogens (tertiary/aromatic N) is 1. The van der Waals surface area contributed by atoms with E-state index in [9.17, 15) is 4.79 Å². The van der Waals surface area contributed by atoms with Crippen LogP contribution in [0.25, 0.3) is 0 Å². The number of aromatic nitrogens is 1. The topological polar surface area (TPSA) is 62.2 Å². The number of hydrogen-bond acceptors (Lipinski definition) is 3. The van der Waals surface area contributed by atoms with Gasteiger partial charge < -0.3 is 10.4 Å². The van der Waals surface area contributed by atoms with Gasteiger partial charge in [-0.1, -0.05) is 38.3 Å². The van der Waals surface area contributed by atoms with Crippen molar-refractivity contribution >= 4 is 23.4 Å². The van der Waals surface area contributed by atoms with Crippen molar-refractivity contribution in [2.75, 3.05) is 5.32 Å². The van der Waals surface area contributed by atoms with Gasteiger partial charge in [0, 0.05) is 12.2 Å². The quantitative estimate of drug-likeness (QED) is 0.885. The second-order valence-electron chi connectivity index (χ2n) is 5.76. The molecule has 1 unspecified atom stereocenters. The van der Waals surface area contributed by atoms with Gasteiger partial charge >= 0.3 is 5.97 Å². The Bertz CT molecular complexity index is 488. The Morgan fingerprint density at radius 1 is 1.53 bits per heavy atom. The lowest BCUT2D eigenvalue weighted by Crippen LogP contribution is -2.39. The van der Waals surface area contributed by atoms with Crippen LogP contribution in [0.5, 0.6) is 0 Å². The van der Waals surface area contributed by atoms with Crippen molar-refractivity contribution in [2.45, 2.75) is 45.6 Å². The zero-order chi connectivity index (χ0) is 14.0. The first-order valence-corrected chi connectivity index (χ1v) is 6.94. The molecule has 1 aliphatic rings. The fourth-order valence-electron chi connectivity index (χ4n) is 2.64. The van der Waals surface area contributed by atoms with Crippen LogP contribution in [0.3, 0.4) is 0 Å². The van der Waals surface area contributed by atoms with Gasteiger partial charge in [-0.2, -0.15) is 0 Å². The van der Waals surface area contributed by atoms with Crippen LogP contribution in [-0.2, 0) is 0 Å². The molecule has 1 aromatic rings. The van der Waals surface area contributed by atoms with Crippen molar-refractivity contribution in [1.29, 1.82) is 0 Å². The lowest BCUT2D eigenvalue weighted by atomic mass is 9.73. The van der Waals surface area contributed by atoms with Crippen LogP contribution in [0.4, 0.5) is 5.82 Å². The minimum atomic E-state index is -1.03. The molecular weight excluding hydrogens is 264 g/mol. The number of hydrogen-bond donors (Lipinski definition) is 2. The molecule has 1 aromatic heterocycles. The van der Waals surface area contributed by atoms with Crippen molar-refractivity contribution in [1.82, 2.24) is 4.98 Å². The number of carboxylic acids is 1. The number of carbonyl (C=O) groups is 1. The SMILES string of the molecule is CC1(C)CCCCC1Nc1nccc(C(=O)O)c1Cl. The molecule has 0 bridgehead atoms. The lowest BCUT2D eigenvalue weighted by molar-refractivity contribution is 0.0697. The minimum Gasteiger partial charge on any atom is -0.478 e. The van der Waals surface area contributed by atoms with E-state index < -0.39 is 5.97 Å². The molecule has 5 heteroatoms. The molecule has 1 heterocycles. The molecule has 104 valence electrons. The van der Waals surface area contributed by atoms with E-state index in [1.807, 2.05) is 0 Å². The van der Waals surface area contributed by atoms with E-state index in [1.54, 1.807) is 0 Å².